The molecule has 1 aromatic rings. The SMILES string of the molecule is C=CC(CCCC)CC(=O)Nc1cccc(CC(=O)O)c1. The minimum atomic E-state index is -0.884. The molecule has 0 aliphatic rings. The number of amides is 1. The number of carboxylic acid groups (broad SMARTS) is 1. The van der Waals surface area contributed by atoms with Crippen molar-refractivity contribution in [3.8, 4) is 0 Å². The van der Waals surface area contributed by atoms with Gasteiger partial charge in [0.25, 0.3) is 0 Å². The number of aliphatic carboxylic acids is 1. The number of rotatable bonds is 9. The van der Waals surface area contributed by atoms with Crippen LogP contribution in [0.4, 0.5) is 5.69 Å². The maximum atomic E-state index is 12.0. The first-order valence-electron chi connectivity index (χ1n) is 7.28. The molecule has 0 aliphatic heterocycles. The molecule has 0 saturated carbocycles. The Labute approximate surface area is 125 Å². The van der Waals surface area contributed by atoms with Crippen molar-refractivity contribution in [1.29, 1.82) is 0 Å². The molecule has 4 heteroatoms. The van der Waals surface area contributed by atoms with E-state index in [0.717, 1.165) is 19.3 Å². The molecule has 2 N–H and O–H groups in total. The lowest BCUT2D eigenvalue weighted by Crippen LogP contribution is -2.15. The topological polar surface area (TPSA) is 66.4 Å². The van der Waals surface area contributed by atoms with Crippen LogP contribution in [-0.4, -0.2) is 17.0 Å². The van der Waals surface area contributed by atoms with Crippen LogP contribution in [0.2, 0.25) is 0 Å². The van der Waals surface area contributed by atoms with Crippen LogP contribution in [0.5, 0.6) is 0 Å². The zero-order valence-corrected chi connectivity index (χ0v) is 12.5. The third-order valence-corrected chi connectivity index (χ3v) is 3.28. The molecule has 0 saturated heterocycles. The largest absolute Gasteiger partial charge is 0.481 e. The first kappa shape index (κ1) is 17.0. The average Bonchev–Trinajstić information content (AvgIpc) is 2.43. The number of anilines is 1. The van der Waals surface area contributed by atoms with Gasteiger partial charge in [0.2, 0.25) is 5.91 Å². The van der Waals surface area contributed by atoms with Gasteiger partial charge in [-0.15, -0.1) is 6.58 Å². The van der Waals surface area contributed by atoms with Gasteiger partial charge in [0, 0.05) is 12.1 Å². The Morgan fingerprint density at radius 1 is 1.43 bits per heavy atom. The van der Waals surface area contributed by atoms with Gasteiger partial charge in [0.1, 0.15) is 0 Å². The summed E-state index contributed by atoms with van der Waals surface area (Å²) in [5.41, 5.74) is 1.31. The van der Waals surface area contributed by atoms with Crippen molar-refractivity contribution in [2.45, 2.75) is 39.0 Å². The predicted octanol–water partition coefficient (Wildman–Crippen LogP) is 3.63. The van der Waals surface area contributed by atoms with Crippen molar-refractivity contribution in [3.05, 3.63) is 42.5 Å². The van der Waals surface area contributed by atoms with Crippen molar-refractivity contribution in [3.63, 3.8) is 0 Å². The van der Waals surface area contributed by atoms with E-state index in [9.17, 15) is 9.59 Å². The summed E-state index contributed by atoms with van der Waals surface area (Å²) >= 11 is 0. The van der Waals surface area contributed by atoms with E-state index in [1.165, 1.54) is 0 Å². The quantitative estimate of drug-likeness (QED) is 0.682. The highest BCUT2D eigenvalue weighted by Gasteiger charge is 2.11. The molecule has 0 bridgehead atoms. The third-order valence-electron chi connectivity index (χ3n) is 3.28. The van der Waals surface area contributed by atoms with Crippen LogP contribution in [0.3, 0.4) is 0 Å². The van der Waals surface area contributed by atoms with Gasteiger partial charge in [-0.2, -0.15) is 0 Å². The monoisotopic (exact) mass is 289 g/mol. The first-order valence-corrected chi connectivity index (χ1v) is 7.28. The number of hydrogen-bond donors (Lipinski definition) is 2. The molecule has 0 spiro atoms. The Morgan fingerprint density at radius 2 is 2.19 bits per heavy atom. The van der Waals surface area contributed by atoms with Crippen LogP contribution in [0, 0.1) is 5.92 Å². The lowest BCUT2D eigenvalue weighted by molar-refractivity contribution is -0.136. The van der Waals surface area contributed by atoms with E-state index in [1.807, 2.05) is 6.08 Å². The second kappa shape index (κ2) is 8.95. The smallest absolute Gasteiger partial charge is 0.307 e. The molecule has 1 rings (SSSR count). The van der Waals surface area contributed by atoms with E-state index in [4.69, 9.17) is 5.11 Å². The molecule has 0 radical (unpaired) electrons. The second-order valence-electron chi connectivity index (χ2n) is 5.16. The van der Waals surface area contributed by atoms with Gasteiger partial charge in [-0.1, -0.05) is 38.0 Å². The highest BCUT2D eigenvalue weighted by molar-refractivity contribution is 5.91. The highest BCUT2D eigenvalue weighted by atomic mass is 16.4. The molecule has 1 amide bonds. The molecule has 1 aromatic carbocycles. The van der Waals surface area contributed by atoms with Crippen LogP contribution < -0.4 is 5.32 Å². The second-order valence-corrected chi connectivity index (χ2v) is 5.16. The Balaban J connectivity index is 2.57. The zero-order chi connectivity index (χ0) is 15.7. The lowest BCUT2D eigenvalue weighted by Gasteiger charge is -2.12. The van der Waals surface area contributed by atoms with Crippen LogP contribution in [0.1, 0.15) is 38.2 Å². The predicted molar refractivity (Wildman–Crippen MR) is 84.2 cm³/mol. The van der Waals surface area contributed by atoms with Gasteiger partial charge in [-0.05, 0) is 30.0 Å². The summed E-state index contributed by atoms with van der Waals surface area (Å²) in [6, 6.07) is 6.94. The summed E-state index contributed by atoms with van der Waals surface area (Å²) < 4.78 is 0. The van der Waals surface area contributed by atoms with Gasteiger partial charge in [0.05, 0.1) is 6.42 Å². The summed E-state index contributed by atoms with van der Waals surface area (Å²) in [7, 11) is 0. The van der Waals surface area contributed by atoms with Crippen LogP contribution in [0.15, 0.2) is 36.9 Å². The zero-order valence-electron chi connectivity index (χ0n) is 12.5. The summed E-state index contributed by atoms with van der Waals surface area (Å²) in [6.45, 7) is 5.89. The molecular formula is C17H23NO3. The van der Waals surface area contributed by atoms with Crippen LogP contribution in [0.25, 0.3) is 0 Å². The number of carbonyl (C=O) groups excluding carboxylic acids is 1. The molecule has 21 heavy (non-hydrogen) atoms. The average molecular weight is 289 g/mol. The number of carboxylic acids is 1. The maximum absolute atomic E-state index is 12.0. The van der Waals surface area contributed by atoms with Crippen molar-refractivity contribution in [2.24, 2.45) is 5.92 Å². The summed E-state index contributed by atoms with van der Waals surface area (Å²) in [5.74, 6) is -0.764. The Bertz CT molecular complexity index is 497. The van der Waals surface area contributed by atoms with Crippen molar-refractivity contribution < 1.29 is 14.7 Å². The molecule has 0 aliphatic carbocycles. The first-order chi connectivity index (χ1) is 10.0. The fraction of sp³-hybridized carbons (Fsp3) is 0.412. The lowest BCUT2D eigenvalue weighted by atomic mass is 9.98. The molecule has 114 valence electrons. The Morgan fingerprint density at radius 3 is 2.81 bits per heavy atom. The highest BCUT2D eigenvalue weighted by Crippen LogP contribution is 2.16. The molecular weight excluding hydrogens is 266 g/mol. The fourth-order valence-corrected chi connectivity index (χ4v) is 2.15. The number of hydrogen-bond acceptors (Lipinski definition) is 2. The number of nitrogens with one attached hydrogen (secondary N) is 1. The number of unbranched alkanes of at least 4 members (excludes halogenated alkanes) is 1. The van der Waals surface area contributed by atoms with E-state index >= 15 is 0 Å². The van der Waals surface area contributed by atoms with Gasteiger partial charge < -0.3 is 10.4 Å². The normalized spacial score (nSPS) is 11.7. The fourth-order valence-electron chi connectivity index (χ4n) is 2.15. The summed E-state index contributed by atoms with van der Waals surface area (Å²) in [4.78, 5) is 22.7. The molecule has 1 unspecified atom stereocenters. The van der Waals surface area contributed by atoms with Crippen molar-refractivity contribution in [1.82, 2.24) is 0 Å². The van der Waals surface area contributed by atoms with Gasteiger partial charge in [-0.25, -0.2) is 0 Å². The molecule has 1 atom stereocenters. The molecule has 0 heterocycles. The summed E-state index contributed by atoms with van der Waals surface area (Å²) in [6.07, 6.45) is 5.34. The van der Waals surface area contributed by atoms with Crippen LogP contribution in [-0.2, 0) is 16.0 Å². The molecule has 4 nitrogen and oxygen atoms in total. The van der Waals surface area contributed by atoms with Crippen molar-refractivity contribution in [2.75, 3.05) is 5.32 Å². The standard InChI is InChI=1S/C17H23NO3/c1-3-5-7-13(4-2)11-16(19)18-15-9-6-8-14(10-15)12-17(20)21/h4,6,8-10,13H,2-3,5,7,11-12H2,1H3,(H,18,19)(H,20,21). The van der Waals surface area contributed by atoms with Crippen molar-refractivity contribution >= 4 is 17.6 Å². The van der Waals surface area contributed by atoms with E-state index in [0.29, 0.717) is 17.7 Å². The Kier molecular flexibility index (Phi) is 7.23. The van der Waals surface area contributed by atoms with E-state index < -0.39 is 5.97 Å². The van der Waals surface area contributed by atoms with E-state index in [1.54, 1.807) is 24.3 Å². The van der Waals surface area contributed by atoms with Gasteiger partial charge >= 0.3 is 5.97 Å². The summed E-state index contributed by atoms with van der Waals surface area (Å²) in [5, 5.41) is 11.6. The van der Waals surface area contributed by atoms with E-state index in [2.05, 4.69) is 18.8 Å². The maximum Gasteiger partial charge on any atom is 0.307 e. The number of allylic oxidation sites excluding steroid dienone is 1. The minimum Gasteiger partial charge on any atom is -0.481 e. The molecule has 0 aromatic heterocycles. The molecule has 0 fully saturated rings. The van der Waals surface area contributed by atoms with Gasteiger partial charge in [-0.3, -0.25) is 9.59 Å². The number of carbonyl (C=O) groups is 2. The van der Waals surface area contributed by atoms with Gasteiger partial charge in [0.15, 0.2) is 0 Å². The number of benzene rings is 1. The Hall–Kier alpha value is -2.10. The van der Waals surface area contributed by atoms with Crippen LogP contribution >= 0.6 is 0 Å². The third kappa shape index (κ3) is 6.75. The van der Waals surface area contributed by atoms with E-state index in [-0.39, 0.29) is 18.2 Å². The minimum absolute atomic E-state index is 0.0461.